The van der Waals surface area contributed by atoms with E-state index in [0.717, 1.165) is 88.2 Å². The predicted octanol–water partition coefficient (Wildman–Crippen LogP) is 12.6. The monoisotopic (exact) mass is 956 g/mol. The summed E-state index contributed by atoms with van der Waals surface area (Å²) in [5.41, 5.74) is 2.05. The van der Waals surface area contributed by atoms with Crippen LogP contribution in [0.5, 0.6) is 0 Å². The number of ether oxygens (including phenoxy) is 2. The highest BCUT2D eigenvalue weighted by atomic mass is 16.7. The smallest absolute Gasteiger partial charge is 0.306 e. The standard InChI is InChI=1S/C42H64N2O6.C16H25NO2/c1-39(2)27-35(28-40(3,4)43(39)47-31-33-21-15-13-16-22-33)49-37(45)25-19-11-9-10-12-20-26-38(46)50-36-29-41(5,6)44(42(7,8)30-36)48-32-34-23-17-14-18-24-34;1-15(2)10-14(18)11-16(3,4)17(15)19-12-13-8-6-5-7-9-13/h13-18,21-24,35-36H,9-12,19-20,25-32H2,1-8H3;5-9,14,18H,10-12H2,1-4H3. The number of esters is 2. The number of hydrogen-bond acceptors (Lipinski definition) is 11. The van der Waals surface area contributed by atoms with Crippen LogP contribution < -0.4 is 0 Å². The zero-order chi connectivity index (χ0) is 50.5. The van der Waals surface area contributed by atoms with Crippen LogP contribution in [0.3, 0.4) is 0 Å². The maximum atomic E-state index is 12.8. The number of nitrogens with zero attached hydrogens (tertiary/aromatic N) is 3. The van der Waals surface area contributed by atoms with Crippen LogP contribution in [0.25, 0.3) is 0 Å². The zero-order valence-electron chi connectivity index (χ0n) is 44.6. The fraction of sp³-hybridized carbons (Fsp3) is 0.655. The number of unbranched alkanes of at least 4 members (excludes halogenated alkanes) is 5. The van der Waals surface area contributed by atoms with Crippen LogP contribution >= 0.6 is 0 Å². The summed E-state index contributed by atoms with van der Waals surface area (Å²) in [5.74, 6) is -0.217. The SMILES string of the molecule is CC1(C)CC(O)CC(C)(C)N1OCc1ccccc1.CC1(C)CC(OC(=O)CCCCCCCCC(=O)OC2CC(C)(C)N(OCc3ccccc3)C(C)(C)C2)CC(C)(C)N1OCc1ccccc1. The van der Waals surface area contributed by atoms with Gasteiger partial charge in [0.25, 0.3) is 0 Å². The fourth-order valence-electron chi connectivity index (χ4n) is 11.6. The maximum absolute atomic E-state index is 12.8. The van der Waals surface area contributed by atoms with Crippen LogP contribution in [0, 0.1) is 0 Å². The molecule has 0 radical (unpaired) electrons. The number of piperidine rings is 3. The van der Waals surface area contributed by atoms with Crippen molar-refractivity contribution in [1.29, 1.82) is 0 Å². The Labute approximate surface area is 416 Å². The Kier molecular flexibility index (Phi) is 20.1. The van der Waals surface area contributed by atoms with Crippen molar-refractivity contribution in [3.63, 3.8) is 0 Å². The molecule has 1 N–H and O–H groups in total. The summed E-state index contributed by atoms with van der Waals surface area (Å²) in [6, 6.07) is 30.6. The Bertz CT molecular complexity index is 1850. The Hall–Kier alpha value is -3.68. The molecule has 3 aromatic rings. The van der Waals surface area contributed by atoms with Crippen molar-refractivity contribution in [3.8, 4) is 0 Å². The molecule has 3 aliphatic heterocycles. The Balaban J connectivity index is 0.000000388. The molecule has 3 fully saturated rings. The largest absolute Gasteiger partial charge is 0.462 e. The Morgan fingerprint density at radius 1 is 0.420 bits per heavy atom. The summed E-state index contributed by atoms with van der Waals surface area (Å²) in [4.78, 5) is 44.2. The summed E-state index contributed by atoms with van der Waals surface area (Å²) < 4.78 is 12.0. The molecule has 3 saturated heterocycles. The molecule has 69 heavy (non-hydrogen) atoms. The molecule has 11 nitrogen and oxygen atoms in total. The molecule has 3 aliphatic rings. The summed E-state index contributed by atoms with van der Waals surface area (Å²) in [6.07, 6.45) is 10.5. The van der Waals surface area contributed by atoms with E-state index in [-0.39, 0.29) is 63.5 Å². The first-order chi connectivity index (χ1) is 32.4. The van der Waals surface area contributed by atoms with Gasteiger partial charge in [0.15, 0.2) is 0 Å². The minimum atomic E-state index is -0.268. The quantitative estimate of drug-likeness (QED) is 0.0863. The van der Waals surface area contributed by atoms with E-state index in [0.29, 0.717) is 32.7 Å². The second-order valence-electron chi connectivity index (χ2n) is 23.8. The average molecular weight is 956 g/mol. The minimum absolute atomic E-state index is 0.108. The van der Waals surface area contributed by atoms with Crippen molar-refractivity contribution in [2.45, 2.75) is 244 Å². The molecule has 0 aromatic heterocycles. The Morgan fingerprint density at radius 2 is 0.667 bits per heavy atom. The van der Waals surface area contributed by atoms with Gasteiger partial charge in [-0.3, -0.25) is 24.1 Å². The number of carbonyl (C=O) groups excluding carboxylic acids is 2. The molecular weight excluding hydrogens is 867 g/mol. The lowest BCUT2D eigenvalue weighted by atomic mass is 9.80. The number of carbonyl (C=O) groups is 2. The van der Waals surface area contributed by atoms with Crippen LogP contribution in [0.4, 0.5) is 0 Å². The summed E-state index contributed by atoms with van der Waals surface area (Å²) in [6.45, 7) is 27.4. The highest BCUT2D eigenvalue weighted by molar-refractivity contribution is 5.70. The summed E-state index contributed by atoms with van der Waals surface area (Å²) >= 11 is 0. The number of hydroxylamine groups is 6. The molecule has 0 atom stereocenters. The fourth-order valence-corrected chi connectivity index (χ4v) is 11.6. The molecule has 384 valence electrons. The first-order valence-corrected chi connectivity index (χ1v) is 25.9. The van der Waals surface area contributed by atoms with Crippen molar-refractivity contribution < 1.29 is 38.7 Å². The molecule has 0 aliphatic carbocycles. The maximum Gasteiger partial charge on any atom is 0.306 e. The van der Waals surface area contributed by atoms with Gasteiger partial charge in [0, 0.05) is 71.8 Å². The molecule has 0 bridgehead atoms. The number of benzene rings is 3. The van der Waals surface area contributed by atoms with Gasteiger partial charge in [-0.15, -0.1) is 0 Å². The van der Waals surface area contributed by atoms with E-state index >= 15 is 0 Å². The van der Waals surface area contributed by atoms with Crippen molar-refractivity contribution in [2.75, 3.05) is 0 Å². The lowest BCUT2D eigenvalue weighted by molar-refractivity contribution is -0.300. The third-order valence-corrected chi connectivity index (χ3v) is 13.9. The molecule has 0 saturated carbocycles. The van der Waals surface area contributed by atoms with Gasteiger partial charge in [0.1, 0.15) is 12.2 Å². The van der Waals surface area contributed by atoms with Crippen LogP contribution in [0.2, 0.25) is 0 Å². The number of hydrogen-bond donors (Lipinski definition) is 1. The molecule has 0 unspecified atom stereocenters. The van der Waals surface area contributed by atoms with Crippen LogP contribution in [-0.2, 0) is 53.4 Å². The molecule has 11 heteroatoms. The zero-order valence-corrected chi connectivity index (χ0v) is 44.6. The van der Waals surface area contributed by atoms with E-state index in [1.165, 1.54) is 5.56 Å². The normalized spacial score (nSPS) is 21.5. The first kappa shape index (κ1) is 56.2. The average Bonchev–Trinajstić information content (AvgIpc) is 3.23. The van der Waals surface area contributed by atoms with Crippen molar-refractivity contribution >= 4 is 11.9 Å². The van der Waals surface area contributed by atoms with E-state index in [9.17, 15) is 14.7 Å². The highest BCUT2D eigenvalue weighted by Crippen LogP contribution is 2.42. The van der Waals surface area contributed by atoms with Crippen LogP contribution in [0.15, 0.2) is 91.0 Å². The van der Waals surface area contributed by atoms with E-state index in [1.54, 1.807) is 0 Å². The first-order valence-electron chi connectivity index (χ1n) is 25.9. The lowest BCUT2D eigenvalue weighted by Gasteiger charge is -2.53. The van der Waals surface area contributed by atoms with Crippen LogP contribution in [-0.4, -0.2) is 83.8 Å². The number of aliphatic hydroxyl groups excluding tert-OH is 1. The summed E-state index contributed by atoms with van der Waals surface area (Å²) in [7, 11) is 0. The molecule has 0 amide bonds. The van der Waals surface area contributed by atoms with Gasteiger partial charge in [-0.2, -0.15) is 15.2 Å². The predicted molar refractivity (Wildman–Crippen MR) is 274 cm³/mol. The third kappa shape index (κ3) is 17.3. The highest BCUT2D eigenvalue weighted by Gasteiger charge is 2.50. The third-order valence-electron chi connectivity index (χ3n) is 13.9. The van der Waals surface area contributed by atoms with Gasteiger partial charge in [-0.05, 0) is 125 Å². The molecule has 6 rings (SSSR count). The van der Waals surface area contributed by atoms with Gasteiger partial charge in [-0.1, -0.05) is 117 Å². The van der Waals surface area contributed by atoms with E-state index in [2.05, 4.69) is 135 Å². The van der Waals surface area contributed by atoms with Gasteiger partial charge in [0.05, 0.1) is 25.9 Å². The van der Waals surface area contributed by atoms with Crippen molar-refractivity contribution in [3.05, 3.63) is 108 Å². The molecule has 3 aromatic carbocycles. The van der Waals surface area contributed by atoms with Gasteiger partial charge in [0.2, 0.25) is 0 Å². The number of aliphatic hydroxyl groups is 1. The molecular formula is C58H89N3O8. The van der Waals surface area contributed by atoms with Crippen molar-refractivity contribution in [1.82, 2.24) is 15.2 Å². The second-order valence-corrected chi connectivity index (χ2v) is 23.8. The minimum Gasteiger partial charge on any atom is -0.462 e. The molecule has 0 spiro atoms. The number of rotatable bonds is 20. The van der Waals surface area contributed by atoms with E-state index < -0.39 is 0 Å². The summed E-state index contributed by atoms with van der Waals surface area (Å²) in [5, 5.41) is 16.3. The van der Waals surface area contributed by atoms with Crippen LogP contribution in [0.1, 0.15) is 190 Å². The van der Waals surface area contributed by atoms with E-state index in [4.69, 9.17) is 24.0 Å². The second kappa shape index (κ2) is 24.6. The van der Waals surface area contributed by atoms with Gasteiger partial charge >= 0.3 is 11.9 Å². The van der Waals surface area contributed by atoms with Gasteiger partial charge in [-0.25, -0.2) is 0 Å². The van der Waals surface area contributed by atoms with Gasteiger partial charge < -0.3 is 14.6 Å². The topological polar surface area (TPSA) is 110 Å². The van der Waals surface area contributed by atoms with E-state index in [1.807, 2.05) is 54.6 Å². The molecule has 3 heterocycles. The Morgan fingerprint density at radius 3 is 0.942 bits per heavy atom. The van der Waals surface area contributed by atoms with Crippen molar-refractivity contribution in [2.24, 2.45) is 0 Å². The lowest BCUT2D eigenvalue weighted by Crippen LogP contribution is -2.61.